The van der Waals surface area contributed by atoms with Gasteiger partial charge in [-0.15, -0.1) is 0 Å². The summed E-state index contributed by atoms with van der Waals surface area (Å²) in [5.74, 6) is 1.57. The highest BCUT2D eigenvalue weighted by molar-refractivity contribution is 6.08. The molecule has 1 saturated carbocycles. The van der Waals surface area contributed by atoms with Crippen LogP contribution in [0.5, 0.6) is 0 Å². The molecule has 1 aliphatic carbocycles. The summed E-state index contributed by atoms with van der Waals surface area (Å²) in [5.41, 5.74) is 1.16. The van der Waals surface area contributed by atoms with Crippen molar-refractivity contribution in [3.8, 4) is 0 Å². The zero-order valence-electron chi connectivity index (χ0n) is 18.8. The molecule has 1 heterocycles. The number of carbonyl (C=O) groups excluding carboxylic acids is 2. The predicted molar refractivity (Wildman–Crippen MR) is 126 cm³/mol. The number of piperidine rings is 1. The number of likely N-dealkylation sites (tertiary alicyclic amines) is 1. The van der Waals surface area contributed by atoms with Crippen molar-refractivity contribution in [2.24, 2.45) is 17.8 Å². The third kappa shape index (κ3) is 5.85. The van der Waals surface area contributed by atoms with Crippen LogP contribution in [0.25, 0.3) is 10.8 Å². The Morgan fingerprint density at radius 2 is 1.68 bits per heavy atom. The van der Waals surface area contributed by atoms with Crippen LogP contribution >= 0.6 is 0 Å². The number of hydrogen-bond acceptors (Lipinski definition) is 3. The summed E-state index contributed by atoms with van der Waals surface area (Å²) in [6.45, 7) is 8.82. The summed E-state index contributed by atoms with van der Waals surface area (Å²) in [4.78, 5) is 27.9. The van der Waals surface area contributed by atoms with Crippen molar-refractivity contribution in [3.63, 3.8) is 0 Å². The summed E-state index contributed by atoms with van der Waals surface area (Å²) < 4.78 is 0. The third-order valence-corrected chi connectivity index (χ3v) is 6.47. The Labute approximate surface area is 185 Å². The lowest BCUT2D eigenvalue weighted by Crippen LogP contribution is -2.39. The van der Waals surface area contributed by atoms with Gasteiger partial charge in [-0.2, -0.15) is 0 Å². The van der Waals surface area contributed by atoms with E-state index in [4.69, 9.17) is 0 Å². The van der Waals surface area contributed by atoms with Gasteiger partial charge in [0.1, 0.15) is 0 Å². The molecule has 2 aliphatic rings. The van der Waals surface area contributed by atoms with Crippen LogP contribution in [0.2, 0.25) is 0 Å². The number of nitrogens with zero attached hydrogens (tertiary/aromatic N) is 1. The van der Waals surface area contributed by atoms with Crippen LogP contribution in [-0.4, -0.2) is 42.9 Å². The second-order valence-corrected chi connectivity index (χ2v) is 9.68. The third-order valence-electron chi connectivity index (χ3n) is 6.47. The van der Waals surface area contributed by atoms with Crippen LogP contribution in [0, 0.1) is 17.8 Å². The van der Waals surface area contributed by atoms with Crippen LogP contribution in [0.15, 0.2) is 36.4 Å². The number of unbranched alkanes of at least 4 members (excludes halogenated alkanes) is 1. The molecule has 2 aromatic carbocycles. The molecule has 2 amide bonds. The Morgan fingerprint density at radius 1 is 1.00 bits per heavy atom. The molecule has 166 valence electrons. The van der Waals surface area contributed by atoms with Gasteiger partial charge in [-0.1, -0.05) is 38.1 Å². The topological polar surface area (TPSA) is 61.4 Å². The molecular weight excluding hydrogens is 386 g/mol. The van der Waals surface area contributed by atoms with Crippen LogP contribution in [0.1, 0.15) is 56.3 Å². The van der Waals surface area contributed by atoms with Crippen LogP contribution in [-0.2, 0) is 4.79 Å². The smallest absolute Gasteiger partial charge is 0.253 e. The zero-order chi connectivity index (χ0) is 21.8. The highest BCUT2D eigenvalue weighted by Crippen LogP contribution is 2.32. The number of anilines is 1. The number of amides is 2. The van der Waals surface area contributed by atoms with Crippen molar-refractivity contribution in [2.75, 3.05) is 31.5 Å². The van der Waals surface area contributed by atoms with Crippen molar-refractivity contribution in [1.29, 1.82) is 0 Å². The maximum absolute atomic E-state index is 13.0. The molecular formula is C26H35N3O2. The molecule has 0 bridgehead atoms. The molecule has 4 rings (SSSR count). The van der Waals surface area contributed by atoms with Gasteiger partial charge in [0.25, 0.3) is 5.91 Å². The van der Waals surface area contributed by atoms with E-state index in [-0.39, 0.29) is 17.7 Å². The van der Waals surface area contributed by atoms with Gasteiger partial charge < -0.3 is 15.5 Å². The monoisotopic (exact) mass is 421 g/mol. The van der Waals surface area contributed by atoms with Gasteiger partial charge in [0.2, 0.25) is 5.91 Å². The lowest BCUT2D eigenvalue weighted by Gasteiger charge is -2.34. The second-order valence-electron chi connectivity index (χ2n) is 9.68. The number of hydrogen-bond donors (Lipinski definition) is 2. The zero-order valence-corrected chi connectivity index (χ0v) is 18.8. The van der Waals surface area contributed by atoms with E-state index in [2.05, 4.69) is 29.4 Å². The van der Waals surface area contributed by atoms with Gasteiger partial charge in [0.05, 0.1) is 11.3 Å². The Bertz CT molecular complexity index is 927. The van der Waals surface area contributed by atoms with Crippen LogP contribution < -0.4 is 10.6 Å². The van der Waals surface area contributed by atoms with Crippen molar-refractivity contribution in [3.05, 3.63) is 42.0 Å². The fraction of sp³-hybridized carbons (Fsp3) is 0.538. The van der Waals surface area contributed by atoms with E-state index in [1.165, 1.54) is 19.5 Å². The quantitative estimate of drug-likeness (QED) is 0.609. The molecule has 2 aromatic rings. The summed E-state index contributed by atoms with van der Waals surface area (Å²) in [5, 5.41) is 8.09. The first-order chi connectivity index (χ1) is 15.0. The maximum atomic E-state index is 13.0. The summed E-state index contributed by atoms with van der Waals surface area (Å²) >= 11 is 0. The van der Waals surface area contributed by atoms with Crippen molar-refractivity contribution < 1.29 is 9.59 Å². The first-order valence-corrected chi connectivity index (χ1v) is 11.8. The molecule has 5 nitrogen and oxygen atoms in total. The van der Waals surface area contributed by atoms with Crippen LogP contribution in [0.3, 0.4) is 0 Å². The minimum absolute atomic E-state index is 0.0225. The first kappa shape index (κ1) is 21.8. The Kier molecular flexibility index (Phi) is 6.91. The molecule has 0 radical (unpaired) electrons. The lowest BCUT2D eigenvalue weighted by molar-refractivity contribution is -0.117. The van der Waals surface area contributed by atoms with Crippen molar-refractivity contribution >= 4 is 28.3 Å². The number of nitrogens with one attached hydrogen (secondary N) is 2. The molecule has 2 unspecified atom stereocenters. The van der Waals surface area contributed by atoms with Gasteiger partial charge in [-0.05, 0) is 73.4 Å². The Balaban J connectivity index is 1.33. The van der Waals surface area contributed by atoms with E-state index in [1.54, 1.807) is 0 Å². The number of rotatable bonds is 8. The molecule has 1 saturated heterocycles. The molecule has 1 aliphatic heterocycles. The fourth-order valence-electron chi connectivity index (χ4n) is 4.84. The van der Waals surface area contributed by atoms with E-state index >= 15 is 0 Å². The van der Waals surface area contributed by atoms with Gasteiger partial charge in [-0.25, -0.2) is 0 Å². The van der Waals surface area contributed by atoms with Crippen molar-refractivity contribution in [2.45, 2.75) is 46.0 Å². The fourth-order valence-corrected chi connectivity index (χ4v) is 4.84. The van der Waals surface area contributed by atoms with E-state index in [0.717, 1.165) is 54.8 Å². The maximum Gasteiger partial charge on any atom is 0.253 e. The highest BCUT2D eigenvalue weighted by Gasteiger charge is 2.30. The van der Waals surface area contributed by atoms with Gasteiger partial charge in [0.15, 0.2) is 0 Å². The SMILES string of the molecule is CC1CC(C)CN(CCCCNC(=O)c2cc3ccccc3cc2NC(=O)C2CC2)C1. The van der Waals surface area contributed by atoms with Crippen LogP contribution in [0.4, 0.5) is 5.69 Å². The number of benzene rings is 2. The Hall–Kier alpha value is -2.40. The van der Waals surface area contributed by atoms with Gasteiger partial charge >= 0.3 is 0 Å². The normalized spacial score (nSPS) is 21.7. The molecule has 31 heavy (non-hydrogen) atoms. The minimum atomic E-state index is -0.114. The molecule has 2 N–H and O–H groups in total. The standard InChI is InChI=1S/C26H35N3O2/c1-18-13-19(2)17-29(16-18)12-6-5-11-27-26(31)23-14-21-7-3-4-8-22(21)15-24(23)28-25(30)20-9-10-20/h3-4,7-8,14-15,18-20H,5-6,9-13,16-17H2,1-2H3,(H,27,31)(H,28,30). The van der Waals surface area contributed by atoms with E-state index < -0.39 is 0 Å². The van der Waals surface area contributed by atoms with E-state index in [9.17, 15) is 9.59 Å². The largest absolute Gasteiger partial charge is 0.352 e. The average Bonchev–Trinajstić information content (AvgIpc) is 3.57. The molecule has 2 fully saturated rings. The molecule has 0 aromatic heterocycles. The van der Waals surface area contributed by atoms with Gasteiger partial charge in [-0.3, -0.25) is 9.59 Å². The Morgan fingerprint density at radius 3 is 2.35 bits per heavy atom. The average molecular weight is 422 g/mol. The summed E-state index contributed by atoms with van der Waals surface area (Å²) in [7, 11) is 0. The minimum Gasteiger partial charge on any atom is -0.352 e. The first-order valence-electron chi connectivity index (χ1n) is 11.8. The predicted octanol–water partition coefficient (Wildman–Crippen LogP) is 4.68. The summed E-state index contributed by atoms with van der Waals surface area (Å²) in [6.07, 6.45) is 5.26. The van der Waals surface area contributed by atoms with Crippen molar-refractivity contribution in [1.82, 2.24) is 10.2 Å². The number of fused-ring (bicyclic) bond motifs is 1. The lowest BCUT2D eigenvalue weighted by atomic mass is 9.92. The summed E-state index contributed by atoms with van der Waals surface area (Å²) in [6, 6.07) is 11.8. The van der Waals surface area contributed by atoms with Gasteiger partial charge in [0, 0.05) is 25.6 Å². The number of carbonyl (C=O) groups is 2. The van der Waals surface area contributed by atoms with E-state index in [1.807, 2.05) is 36.4 Å². The molecule has 5 heteroatoms. The molecule has 0 spiro atoms. The second kappa shape index (κ2) is 9.82. The molecule has 2 atom stereocenters. The van der Waals surface area contributed by atoms with E-state index in [0.29, 0.717) is 17.8 Å². The highest BCUT2D eigenvalue weighted by atomic mass is 16.2.